The van der Waals surface area contributed by atoms with Gasteiger partial charge in [-0.25, -0.2) is 0 Å². The van der Waals surface area contributed by atoms with Gasteiger partial charge in [0.05, 0.1) is 15.0 Å². The molecule has 0 aromatic heterocycles. The number of hydrogen-bond acceptors (Lipinski definition) is 5. The van der Waals surface area contributed by atoms with Crippen molar-refractivity contribution < 1.29 is 14.3 Å². The number of hydrogen-bond donors (Lipinski definition) is 1. The SMILES string of the molecule is CCC(=O)OC(=O)C(C)C(=S)C(=S)S. The van der Waals surface area contributed by atoms with Crippen molar-refractivity contribution in [2.75, 3.05) is 0 Å². The lowest BCUT2D eigenvalue weighted by Crippen LogP contribution is -2.26. The molecule has 0 fully saturated rings. The van der Waals surface area contributed by atoms with Gasteiger partial charge in [-0.15, -0.1) is 12.6 Å². The molecule has 0 N–H and O–H groups in total. The molecule has 0 saturated heterocycles. The van der Waals surface area contributed by atoms with Crippen LogP contribution < -0.4 is 0 Å². The van der Waals surface area contributed by atoms with Crippen molar-refractivity contribution in [3.8, 4) is 0 Å². The molecule has 0 aromatic carbocycles. The predicted molar refractivity (Wildman–Crippen MR) is 64.7 cm³/mol. The van der Waals surface area contributed by atoms with Crippen molar-refractivity contribution in [1.29, 1.82) is 0 Å². The van der Waals surface area contributed by atoms with E-state index in [2.05, 4.69) is 29.6 Å². The van der Waals surface area contributed by atoms with Gasteiger partial charge in [0.25, 0.3) is 0 Å². The summed E-state index contributed by atoms with van der Waals surface area (Å²) in [4.78, 5) is 22.2. The largest absolute Gasteiger partial charge is 0.393 e. The Morgan fingerprint density at radius 2 is 1.93 bits per heavy atom. The Labute approximate surface area is 98.6 Å². The van der Waals surface area contributed by atoms with Crippen molar-refractivity contribution in [3.63, 3.8) is 0 Å². The Bertz CT molecular complexity index is 286. The van der Waals surface area contributed by atoms with Crippen molar-refractivity contribution in [1.82, 2.24) is 0 Å². The van der Waals surface area contributed by atoms with E-state index in [0.717, 1.165) is 0 Å². The summed E-state index contributed by atoms with van der Waals surface area (Å²) in [6.45, 7) is 3.12. The van der Waals surface area contributed by atoms with Crippen molar-refractivity contribution in [2.45, 2.75) is 20.3 Å². The number of esters is 2. The minimum absolute atomic E-state index is 0.149. The van der Waals surface area contributed by atoms with Crippen molar-refractivity contribution in [3.05, 3.63) is 0 Å². The van der Waals surface area contributed by atoms with Gasteiger partial charge >= 0.3 is 11.9 Å². The fraction of sp³-hybridized carbons (Fsp3) is 0.500. The Hall–Kier alpha value is -0.330. The molecule has 3 nitrogen and oxygen atoms in total. The molecule has 1 atom stereocenters. The number of carbonyl (C=O) groups excluding carboxylic acids is 2. The summed E-state index contributed by atoms with van der Waals surface area (Å²) in [5.41, 5.74) is 0. The van der Waals surface area contributed by atoms with E-state index in [4.69, 9.17) is 12.2 Å². The zero-order valence-corrected chi connectivity index (χ0v) is 10.3. The van der Waals surface area contributed by atoms with Crippen LogP contribution in [-0.2, 0) is 14.3 Å². The van der Waals surface area contributed by atoms with Crippen LogP contribution in [0.25, 0.3) is 0 Å². The second-order valence-electron chi connectivity index (χ2n) is 2.54. The normalized spacial score (nSPS) is 11.6. The minimum Gasteiger partial charge on any atom is -0.393 e. The predicted octanol–water partition coefficient (Wildman–Crippen LogP) is 1.73. The Balaban J connectivity index is 4.33. The van der Waals surface area contributed by atoms with Crippen LogP contribution in [0.15, 0.2) is 0 Å². The Morgan fingerprint density at radius 3 is 2.29 bits per heavy atom. The maximum absolute atomic E-state index is 11.2. The molecule has 0 radical (unpaired) electrons. The van der Waals surface area contributed by atoms with Crippen LogP contribution in [0.3, 0.4) is 0 Å². The maximum atomic E-state index is 11.2. The third-order valence-electron chi connectivity index (χ3n) is 1.46. The average Bonchev–Trinajstić information content (AvgIpc) is 2.14. The van der Waals surface area contributed by atoms with Crippen LogP contribution in [-0.4, -0.2) is 21.0 Å². The van der Waals surface area contributed by atoms with Gasteiger partial charge in [0, 0.05) is 6.42 Å². The van der Waals surface area contributed by atoms with Gasteiger partial charge in [-0.05, 0) is 6.92 Å². The summed E-state index contributed by atoms with van der Waals surface area (Å²) >= 11 is 13.4. The van der Waals surface area contributed by atoms with E-state index >= 15 is 0 Å². The third kappa shape index (κ3) is 4.26. The van der Waals surface area contributed by atoms with E-state index in [1.165, 1.54) is 6.92 Å². The van der Waals surface area contributed by atoms with Gasteiger partial charge in [0.1, 0.15) is 0 Å². The maximum Gasteiger partial charge on any atom is 0.321 e. The van der Waals surface area contributed by atoms with Gasteiger partial charge in [-0.3, -0.25) is 9.59 Å². The van der Waals surface area contributed by atoms with E-state index in [-0.39, 0.29) is 15.5 Å². The summed E-state index contributed by atoms with van der Waals surface area (Å²) in [6, 6.07) is 0. The molecule has 14 heavy (non-hydrogen) atoms. The van der Waals surface area contributed by atoms with Gasteiger partial charge in [-0.2, -0.15) is 0 Å². The lowest BCUT2D eigenvalue weighted by Gasteiger charge is -2.09. The van der Waals surface area contributed by atoms with Crippen LogP contribution in [0.5, 0.6) is 0 Å². The Kier molecular flexibility index (Phi) is 6.06. The number of carbonyl (C=O) groups is 2. The van der Waals surface area contributed by atoms with Crippen LogP contribution in [0.4, 0.5) is 0 Å². The first-order valence-electron chi connectivity index (χ1n) is 3.91. The number of thiocarbonyl (C=S) groups is 2. The molecule has 0 aliphatic rings. The molecule has 0 bridgehead atoms. The first-order chi connectivity index (χ1) is 6.40. The topological polar surface area (TPSA) is 43.4 Å². The molecule has 1 unspecified atom stereocenters. The summed E-state index contributed by atoms with van der Waals surface area (Å²) in [7, 11) is 0. The lowest BCUT2D eigenvalue weighted by molar-refractivity contribution is -0.160. The molecule has 0 aliphatic heterocycles. The molecule has 0 spiro atoms. The standard InChI is InChI=1S/C8H10O3S3/c1-3-5(9)11-7(10)4(2)6(12)8(13)14/h4H,3H2,1-2H3,(H,13,14). The quantitative estimate of drug-likeness (QED) is 0.356. The van der Waals surface area contributed by atoms with Crippen molar-refractivity contribution >= 4 is 58.1 Å². The van der Waals surface area contributed by atoms with Gasteiger partial charge in [-0.1, -0.05) is 31.4 Å². The van der Waals surface area contributed by atoms with E-state index in [0.29, 0.717) is 0 Å². The number of rotatable bonds is 4. The molecule has 0 amide bonds. The highest BCUT2D eigenvalue weighted by Crippen LogP contribution is 2.07. The van der Waals surface area contributed by atoms with E-state index in [9.17, 15) is 9.59 Å². The molecule has 0 saturated carbocycles. The molecular weight excluding hydrogens is 240 g/mol. The van der Waals surface area contributed by atoms with Crippen LogP contribution in [0.2, 0.25) is 0 Å². The van der Waals surface area contributed by atoms with Gasteiger partial charge < -0.3 is 4.74 Å². The monoisotopic (exact) mass is 250 g/mol. The second-order valence-corrected chi connectivity index (χ2v) is 4.14. The summed E-state index contributed by atoms with van der Waals surface area (Å²) in [6.07, 6.45) is 0.149. The second kappa shape index (κ2) is 6.21. The first-order valence-corrected chi connectivity index (χ1v) is 5.18. The highest BCUT2D eigenvalue weighted by Gasteiger charge is 2.22. The van der Waals surface area contributed by atoms with Crippen LogP contribution in [0.1, 0.15) is 20.3 Å². The molecule has 0 aliphatic carbocycles. The molecule has 0 aromatic rings. The third-order valence-corrected chi connectivity index (χ3v) is 2.76. The lowest BCUT2D eigenvalue weighted by atomic mass is 10.1. The highest BCUT2D eigenvalue weighted by atomic mass is 32.1. The Morgan fingerprint density at radius 1 is 1.43 bits per heavy atom. The van der Waals surface area contributed by atoms with Crippen LogP contribution >= 0.6 is 37.1 Å². The molecule has 0 rings (SSSR count). The fourth-order valence-electron chi connectivity index (χ4n) is 0.565. The molecule has 6 heteroatoms. The molecule has 78 valence electrons. The van der Waals surface area contributed by atoms with Crippen LogP contribution in [0, 0.1) is 5.92 Å². The first kappa shape index (κ1) is 13.7. The number of ether oxygens (including phenoxy) is 1. The zero-order chi connectivity index (χ0) is 11.3. The highest BCUT2D eigenvalue weighted by molar-refractivity contribution is 8.16. The zero-order valence-electron chi connectivity index (χ0n) is 7.77. The van der Waals surface area contributed by atoms with E-state index < -0.39 is 17.9 Å². The van der Waals surface area contributed by atoms with Gasteiger partial charge in [0.2, 0.25) is 0 Å². The van der Waals surface area contributed by atoms with Crippen molar-refractivity contribution in [2.24, 2.45) is 5.92 Å². The molecule has 0 heterocycles. The van der Waals surface area contributed by atoms with E-state index in [1.54, 1.807) is 6.92 Å². The summed E-state index contributed by atoms with van der Waals surface area (Å²) in [5, 5.41) is 0. The average molecular weight is 250 g/mol. The smallest absolute Gasteiger partial charge is 0.321 e. The molecular formula is C8H10O3S3. The minimum atomic E-state index is -0.703. The summed E-state index contributed by atoms with van der Waals surface area (Å²) < 4.78 is 4.65. The number of thiol groups is 1. The summed E-state index contributed by atoms with van der Waals surface area (Å²) in [5.74, 6) is -1.96. The van der Waals surface area contributed by atoms with E-state index in [1.807, 2.05) is 0 Å². The fourth-order valence-corrected chi connectivity index (χ4v) is 1.03. The van der Waals surface area contributed by atoms with Gasteiger partial charge in [0.15, 0.2) is 0 Å².